The highest BCUT2D eigenvalue weighted by molar-refractivity contribution is 14.1. The van der Waals surface area contributed by atoms with Gasteiger partial charge in [-0.25, -0.2) is 0 Å². The second-order valence-electron chi connectivity index (χ2n) is 5.75. The van der Waals surface area contributed by atoms with Crippen LogP contribution in [0.3, 0.4) is 0 Å². The molecule has 0 unspecified atom stereocenters. The van der Waals surface area contributed by atoms with Crippen LogP contribution >= 0.6 is 22.6 Å². The molecule has 0 atom stereocenters. The molecule has 122 valence electrons. The molecule has 0 aliphatic rings. The van der Waals surface area contributed by atoms with Crippen LogP contribution in [0, 0.1) is 10.5 Å². The van der Waals surface area contributed by atoms with E-state index in [1.165, 1.54) is 5.56 Å². The number of rotatable bonds is 6. The van der Waals surface area contributed by atoms with Gasteiger partial charge in [0.2, 0.25) is 0 Å². The molecule has 0 aliphatic heterocycles. The first-order valence-corrected chi connectivity index (χ1v) is 8.84. The summed E-state index contributed by atoms with van der Waals surface area (Å²) in [5, 5.41) is 2.99. The van der Waals surface area contributed by atoms with Gasteiger partial charge in [-0.3, -0.25) is 4.79 Å². The predicted molar refractivity (Wildman–Crippen MR) is 102 cm³/mol. The van der Waals surface area contributed by atoms with E-state index in [9.17, 15) is 4.79 Å². The van der Waals surface area contributed by atoms with Crippen LogP contribution in [0.2, 0.25) is 0 Å². The van der Waals surface area contributed by atoms with Crippen molar-refractivity contribution in [2.75, 3.05) is 6.54 Å². The van der Waals surface area contributed by atoms with Crippen molar-refractivity contribution in [2.45, 2.75) is 33.3 Å². The smallest absolute Gasteiger partial charge is 0.252 e. The Balaban J connectivity index is 1.87. The van der Waals surface area contributed by atoms with Crippen molar-refractivity contribution in [2.24, 2.45) is 0 Å². The number of nitrogens with one attached hydrogen (secondary N) is 1. The van der Waals surface area contributed by atoms with Crippen molar-refractivity contribution < 1.29 is 9.53 Å². The molecule has 0 aliphatic carbocycles. The third-order valence-corrected chi connectivity index (χ3v) is 4.86. The lowest BCUT2D eigenvalue weighted by molar-refractivity contribution is 0.0953. The Kier molecular flexibility index (Phi) is 6.45. The second-order valence-corrected chi connectivity index (χ2v) is 6.83. The van der Waals surface area contributed by atoms with E-state index >= 15 is 0 Å². The largest absolute Gasteiger partial charge is 0.491 e. The lowest BCUT2D eigenvalue weighted by atomic mass is 10.1. The van der Waals surface area contributed by atoms with Gasteiger partial charge < -0.3 is 10.1 Å². The molecule has 23 heavy (non-hydrogen) atoms. The van der Waals surface area contributed by atoms with Gasteiger partial charge in [0.05, 0.1) is 11.7 Å². The fraction of sp³-hybridized carbons (Fsp3) is 0.316. The number of amides is 1. The summed E-state index contributed by atoms with van der Waals surface area (Å²) < 4.78 is 6.64. The summed E-state index contributed by atoms with van der Waals surface area (Å²) in [4.78, 5) is 12.2. The van der Waals surface area contributed by atoms with Gasteiger partial charge in [0, 0.05) is 10.1 Å². The van der Waals surface area contributed by atoms with Gasteiger partial charge in [-0.05, 0) is 79.1 Å². The zero-order valence-corrected chi connectivity index (χ0v) is 15.9. The molecule has 0 aromatic heterocycles. The molecule has 1 N–H and O–H groups in total. The molecule has 0 bridgehead atoms. The molecule has 3 nitrogen and oxygen atoms in total. The SMILES string of the molecule is Cc1cccc(C(=O)NCCc2ccc(OC(C)C)cc2)c1I. The Morgan fingerprint density at radius 3 is 2.52 bits per heavy atom. The van der Waals surface area contributed by atoms with Crippen molar-refractivity contribution in [3.8, 4) is 5.75 Å². The molecule has 0 fully saturated rings. The standard InChI is InChI=1S/C19H22INO2/c1-13(2)23-16-9-7-15(8-10-16)11-12-21-19(22)17-6-4-5-14(3)18(17)20/h4-10,13H,11-12H2,1-3H3,(H,21,22). The number of carbonyl (C=O) groups excluding carboxylic acids is 1. The van der Waals surface area contributed by atoms with E-state index in [0.29, 0.717) is 6.54 Å². The number of benzene rings is 2. The maximum atomic E-state index is 12.2. The number of hydrogen-bond donors (Lipinski definition) is 1. The van der Waals surface area contributed by atoms with Crippen molar-refractivity contribution in [1.29, 1.82) is 0 Å². The number of halogens is 1. The zero-order chi connectivity index (χ0) is 16.8. The monoisotopic (exact) mass is 423 g/mol. The van der Waals surface area contributed by atoms with Crippen LogP contribution in [0.5, 0.6) is 5.75 Å². The molecule has 0 spiro atoms. The topological polar surface area (TPSA) is 38.3 Å². The summed E-state index contributed by atoms with van der Waals surface area (Å²) >= 11 is 2.22. The first-order valence-electron chi connectivity index (χ1n) is 7.76. The highest BCUT2D eigenvalue weighted by Crippen LogP contribution is 2.17. The van der Waals surface area contributed by atoms with Crippen molar-refractivity contribution in [3.05, 3.63) is 62.7 Å². The van der Waals surface area contributed by atoms with E-state index in [-0.39, 0.29) is 12.0 Å². The van der Waals surface area contributed by atoms with Gasteiger partial charge >= 0.3 is 0 Å². The van der Waals surface area contributed by atoms with Crippen LogP contribution in [0.15, 0.2) is 42.5 Å². The van der Waals surface area contributed by atoms with Crippen LogP contribution in [0.1, 0.15) is 35.3 Å². The highest BCUT2D eigenvalue weighted by atomic mass is 127. The summed E-state index contributed by atoms with van der Waals surface area (Å²) in [7, 11) is 0. The Morgan fingerprint density at radius 2 is 1.87 bits per heavy atom. The average Bonchev–Trinajstić information content (AvgIpc) is 2.51. The maximum absolute atomic E-state index is 12.2. The zero-order valence-electron chi connectivity index (χ0n) is 13.7. The molecule has 0 radical (unpaired) electrons. The molecule has 0 heterocycles. The third-order valence-electron chi connectivity index (χ3n) is 3.43. The fourth-order valence-corrected chi connectivity index (χ4v) is 2.85. The minimum Gasteiger partial charge on any atom is -0.491 e. The van der Waals surface area contributed by atoms with E-state index in [1.54, 1.807) is 0 Å². The Labute approximate surface area is 151 Å². The summed E-state index contributed by atoms with van der Waals surface area (Å²) in [6.45, 7) is 6.65. The number of hydrogen-bond acceptors (Lipinski definition) is 2. The fourth-order valence-electron chi connectivity index (χ4n) is 2.25. The van der Waals surface area contributed by atoms with E-state index in [2.05, 4.69) is 27.9 Å². The molecule has 2 rings (SSSR count). The van der Waals surface area contributed by atoms with Crippen LogP contribution in [0.25, 0.3) is 0 Å². The van der Waals surface area contributed by atoms with Crippen LogP contribution in [-0.2, 0) is 6.42 Å². The number of ether oxygens (including phenoxy) is 1. The maximum Gasteiger partial charge on any atom is 0.252 e. The summed E-state index contributed by atoms with van der Waals surface area (Å²) in [5.41, 5.74) is 3.05. The van der Waals surface area contributed by atoms with Crippen LogP contribution < -0.4 is 10.1 Å². The van der Waals surface area contributed by atoms with Crippen LogP contribution in [-0.4, -0.2) is 18.6 Å². The number of carbonyl (C=O) groups is 1. The molecular weight excluding hydrogens is 401 g/mol. The summed E-state index contributed by atoms with van der Waals surface area (Å²) in [6.07, 6.45) is 0.979. The first-order chi connectivity index (χ1) is 11.0. The van der Waals surface area contributed by atoms with E-state index in [4.69, 9.17) is 4.74 Å². The molecule has 0 saturated carbocycles. The van der Waals surface area contributed by atoms with Gasteiger partial charge in [-0.2, -0.15) is 0 Å². The highest BCUT2D eigenvalue weighted by Gasteiger charge is 2.10. The summed E-state index contributed by atoms with van der Waals surface area (Å²) in [6, 6.07) is 13.8. The summed E-state index contributed by atoms with van der Waals surface area (Å²) in [5.74, 6) is 0.861. The van der Waals surface area contributed by atoms with E-state index < -0.39 is 0 Å². The van der Waals surface area contributed by atoms with E-state index in [1.807, 2.05) is 63.2 Å². The van der Waals surface area contributed by atoms with Crippen molar-refractivity contribution in [1.82, 2.24) is 5.32 Å². The second kappa shape index (κ2) is 8.34. The van der Waals surface area contributed by atoms with Gasteiger partial charge in [-0.1, -0.05) is 24.3 Å². The number of aryl methyl sites for hydroxylation is 1. The molecule has 0 saturated heterocycles. The van der Waals surface area contributed by atoms with Gasteiger partial charge in [0.25, 0.3) is 5.91 Å². The van der Waals surface area contributed by atoms with Gasteiger partial charge in [-0.15, -0.1) is 0 Å². The lowest BCUT2D eigenvalue weighted by Gasteiger charge is -2.11. The first kappa shape index (κ1) is 17.8. The Bertz CT molecular complexity index is 666. The lowest BCUT2D eigenvalue weighted by Crippen LogP contribution is -2.26. The van der Waals surface area contributed by atoms with Gasteiger partial charge in [0.15, 0.2) is 0 Å². The van der Waals surface area contributed by atoms with Crippen LogP contribution in [0.4, 0.5) is 0 Å². The molecule has 2 aromatic carbocycles. The molecule has 1 amide bonds. The Hall–Kier alpha value is -1.56. The quantitative estimate of drug-likeness (QED) is 0.702. The molecular formula is C19H22INO2. The normalized spacial score (nSPS) is 10.7. The Morgan fingerprint density at radius 1 is 1.17 bits per heavy atom. The van der Waals surface area contributed by atoms with E-state index in [0.717, 1.165) is 26.9 Å². The predicted octanol–water partition coefficient (Wildman–Crippen LogP) is 4.36. The van der Waals surface area contributed by atoms with Gasteiger partial charge in [0.1, 0.15) is 5.75 Å². The average molecular weight is 423 g/mol. The van der Waals surface area contributed by atoms with Crippen molar-refractivity contribution in [3.63, 3.8) is 0 Å². The minimum atomic E-state index is -0.0159. The molecule has 4 heteroatoms. The molecule has 2 aromatic rings. The third kappa shape index (κ3) is 5.23. The minimum absolute atomic E-state index is 0.0159. The van der Waals surface area contributed by atoms with Crippen molar-refractivity contribution >= 4 is 28.5 Å².